The van der Waals surface area contributed by atoms with Crippen molar-refractivity contribution in [2.24, 2.45) is 0 Å². The quantitative estimate of drug-likeness (QED) is 0.731. The first-order valence-corrected chi connectivity index (χ1v) is 6.74. The molecule has 0 spiro atoms. The molecular formula is C13H16Cl2N2. The highest BCUT2D eigenvalue weighted by Crippen LogP contribution is 2.26. The number of unbranched alkanes of at least 4 members (excludes halogenated alkanes) is 1. The molecule has 0 aliphatic rings. The van der Waals surface area contributed by atoms with Crippen molar-refractivity contribution in [2.45, 2.75) is 38.6 Å². The minimum absolute atomic E-state index is 0.0852. The van der Waals surface area contributed by atoms with Gasteiger partial charge in [0.05, 0.1) is 16.4 Å². The fraction of sp³-hybridized carbons (Fsp3) is 0.462. The second-order valence-electron chi connectivity index (χ2n) is 4.22. The molecule has 0 aliphatic heterocycles. The predicted molar refractivity (Wildman–Crippen MR) is 73.9 cm³/mol. The molecule has 92 valence electrons. The van der Waals surface area contributed by atoms with Crippen LogP contribution in [-0.4, -0.2) is 9.55 Å². The Morgan fingerprint density at radius 1 is 1.41 bits per heavy atom. The number of aromatic nitrogens is 2. The monoisotopic (exact) mass is 270 g/mol. The van der Waals surface area contributed by atoms with E-state index in [0.717, 1.165) is 36.2 Å². The lowest BCUT2D eigenvalue weighted by atomic mass is 10.3. The van der Waals surface area contributed by atoms with E-state index in [1.54, 1.807) is 0 Å². The molecule has 2 aromatic rings. The molecule has 0 radical (unpaired) electrons. The number of imidazole rings is 1. The summed E-state index contributed by atoms with van der Waals surface area (Å²) in [6.45, 7) is 5.09. The van der Waals surface area contributed by atoms with E-state index in [-0.39, 0.29) is 5.38 Å². The van der Waals surface area contributed by atoms with Gasteiger partial charge >= 0.3 is 0 Å². The van der Waals surface area contributed by atoms with Crippen LogP contribution in [0.4, 0.5) is 0 Å². The first kappa shape index (κ1) is 12.7. The smallest absolute Gasteiger partial charge is 0.127 e. The summed E-state index contributed by atoms with van der Waals surface area (Å²) in [6, 6.07) is 5.81. The Kier molecular flexibility index (Phi) is 3.95. The highest BCUT2D eigenvalue weighted by atomic mass is 35.5. The number of alkyl halides is 1. The average Bonchev–Trinajstić information content (AvgIpc) is 2.64. The van der Waals surface area contributed by atoms with Gasteiger partial charge in [-0.1, -0.05) is 24.9 Å². The van der Waals surface area contributed by atoms with Gasteiger partial charge in [0.2, 0.25) is 0 Å². The standard InChI is InChI=1S/C13H16Cl2N2/c1-3-4-7-17-12-6-5-10(15)8-11(12)16-13(17)9(2)14/h5-6,8-9H,3-4,7H2,1-2H3/t9-/m0/s1. The number of nitrogens with zero attached hydrogens (tertiary/aromatic N) is 2. The summed E-state index contributed by atoms with van der Waals surface area (Å²) >= 11 is 12.2. The average molecular weight is 271 g/mol. The van der Waals surface area contributed by atoms with E-state index in [2.05, 4.69) is 16.5 Å². The Balaban J connectivity index is 2.54. The van der Waals surface area contributed by atoms with E-state index in [9.17, 15) is 0 Å². The van der Waals surface area contributed by atoms with Crippen LogP contribution in [-0.2, 0) is 6.54 Å². The van der Waals surface area contributed by atoms with Crippen LogP contribution in [0.5, 0.6) is 0 Å². The molecule has 0 bridgehead atoms. The lowest BCUT2D eigenvalue weighted by Gasteiger charge is -2.09. The molecule has 2 nitrogen and oxygen atoms in total. The molecule has 0 N–H and O–H groups in total. The second-order valence-corrected chi connectivity index (χ2v) is 5.32. The third-order valence-electron chi connectivity index (χ3n) is 2.83. The molecule has 1 aromatic carbocycles. The summed E-state index contributed by atoms with van der Waals surface area (Å²) < 4.78 is 2.20. The number of benzene rings is 1. The van der Waals surface area contributed by atoms with E-state index in [0.29, 0.717) is 5.02 Å². The topological polar surface area (TPSA) is 17.8 Å². The SMILES string of the molecule is CCCCn1c([C@H](C)Cl)nc2cc(Cl)ccc21. The summed E-state index contributed by atoms with van der Waals surface area (Å²) in [5, 5.41) is 0.629. The number of aryl methyl sites for hydroxylation is 1. The Bertz CT molecular complexity index is 517. The third kappa shape index (κ3) is 2.58. The highest BCUT2D eigenvalue weighted by molar-refractivity contribution is 6.31. The number of rotatable bonds is 4. The van der Waals surface area contributed by atoms with Crippen molar-refractivity contribution in [1.82, 2.24) is 9.55 Å². The van der Waals surface area contributed by atoms with E-state index in [1.165, 1.54) is 0 Å². The molecule has 1 aromatic heterocycles. The van der Waals surface area contributed by atoms with Gasteiger partial charge in [-0.2, -0.15) is 0 Å². The summed E-state index contributed by atoms with van der Waals surface area (Å²) in [5.74, 6) is 0.928. The molecule has 0 saturated carbocycles. The van der Waals surface area contributed by atoms with Crippen LogP contribution >= 0.6 is 23.2 Å². The lowest BCUT2D eigenvalue weighted by Crippen LogP contribution is -2.04. The molecule has 17 heavy (non-hydrogen) atoms. The molecular weight excluding hydrogens is 255 g/mol. The molecule has 0 aliphatic carbocycles. The van der Waals surface area contributed by atoms with E-state index in [4.69, 9.17) is 23.2 Å². The van der Waals surface area contributed by atoms with Crippen molar-refractivity contribution in [2.75, 3.05) is 0 Å². The number of hydrogen-bond acceptors (Lipinski definition) is 1. The molecule has 2 rings (SSSR count). The molecule has 1 atom stereocenters. The van der Waals surface area contributed by atoms with Crippen LogP contribution in [0.3, 0.4) is 0 Å². The first-order valence-electron chi connectivity index (χ1n) is 5.93. The molecule has 1 heterocycles. The zero-order chi connectivity index (χ0) is 12.4. The Morgan fingerprint density at radius 3 is 2.82 bits per heavy atom. The van der Waals surface area contributed by atoms with Crippen LogP contribution < -0.4 is 0 Å². The van der Waals surface area contributed by atoms with E-state index < -0.39 is 0 Å². The minimum atomic E-state index is -0.0852. The summed E-state index contributed by atoms with van der Waals surface area (Å²) in [4.78, 5) is 4.57. The molecule has 0 amide bonds. The van der Waals surface area contributed by atoms with Crippen molar-refractivity contribution >= 4 is 34.2 Å². The summed E-state index contributed by atoms with van der Waals surface area (Å²) in [7, 11) is 0. The van der Waals surface area contributed by atoms with Crippen molar-refractivity contribution in [3.8, 4) is 0 Å². The minimum Gasteiger partial charge on any atom is -0.327 e. The predicted octanol–water partition coefficient (Wildman–Crippen LogP) is 4.79. The Labute approximate surface area is 112 Å². The molecule has 4 heteroatoms. The van der Waals surface area contributed by atoms with Crippen LogP contribution in [0.15, 0.2) is 18.2 Å². The maximum atomic E-state index is 6.18. The zero-order valence-corrected chi connectivity index (χ0v) is 11.6. The maximum absolute atomic E-state index is 6.18. The van der Waals surface area contributed by atoms with Crippen LogP contribution in [0.2, 0.25) is 5.02 Å². The maximum Gasteiger partial charge on any atom is 0.127 e. The van der Waals surface area contributed by atoms with Gasteiger partial charge in [-0.05, 0) is 31.5 Å². The Hall–Kier alpha value is -0.730. The van der Waals surface area contributed by atoms with Gasteiger partial charge in [-0.3, -0.25) is 0 Å². The highest BCUT2D eigenvalue weighted by Gasteiger charge is 2.14. The fourth-order valence-corrected chi connectivity index (χ4v) is 2.31. The largest absolute Gasteiger partial charge is 0.327 e. The number of fused-ring (bicyclic) bond motifs is 1. The van der Waals surface area contributed by atoms with Crippen LogP contribution in [0.25, 0.3) is 11.0 Å². The molecule has 0 unspecified atom stereocenters. The number of halogens is 2. The van der Waals surface area contributed by atoms with Gasteiger partial charge in [0.1, 0.15) is 5.82 Å². The Morgan fingerprint density at radius 2 is 2.18 bits per heavy atom. The van der Waals surface area contributed by atoms with Crippen molar-refractivity contribution in [3.05, 3.63) is 29.0 Å². The van der Waals surface area contributed by atoms with Gasteiger partial charge < -0.3 is 4.57 Å². The van der Waals surface area contributed by atoms with Gasteiger partial charge in [0.15, 0.2) is 0 Å². The van der Waals surface area contributed by atoms with E-state index >= 15 is 0 Å². The second kappa shape index (κ2) is 5.28. The van der Waals surface area contributed by atoms with Crippen LogP contribution in [0, 0.1) is 0 Å². The summed E-state index contributed by atoms with van der Waals surface area (Å²) in [5.41, 5.74) is 2.04. The van der Waals surface area contributed by atoms with Crippen LogP contribution in [0.1, 0.15) is 37.9 Å². The lowest BCUT2D eigenvalue weighted by molar-refractivity contribution is 0.616. The van der Waals surface area contributed by atoms with Gasteiger partial charge in [0, 0.05) is 11.6 Å². The zero-order valence-electron chi connectivity index (χ0n) is 10.1. The van der Waals surface area contributed by atoms with Crippen molar-refractivity contribution in [1.29, 1.82) is 0 Å². The van der Waals surface area contributed by atoms with Gasteiger partial charge in [-0.15, -0.1) is 11.6 Å². The molecule has 0 fully saturated rings. The number of hydrogen-bond donors (Lipinski definition) is 0. The normalized spacial score (nSPS) is 13.2. The summed E-state index contributed by atoms with van der Waals surface area (Å²) in [6.07, 6.45) is 2.29. The molecule has 0 saturated heterocycles. The van der Waals surface area contributed by atoms with Crippen molar-refractivity contribution < 1.29 is 0 Å². The fourth-order valence-electron chi connectivity index (χ4n) is 1.98. The first-order chi connectivity index (χ1) is 8.13. The van der Waals surface area contributed by atoms with Gasteiger partial charge in [0.25, 0.3) is 0 Å². The van der Waals surface area contributed by atoms with Crippen molar-refractivity contribution in [3.63, 3.8) is 0 Å². The third-order valence-corrected chi connectivity index (χ3v) is 3.26. The van der Waals surface area contributed by atoms with Gasteiger partial charge in [-0.25, -0.2) is 4.98 Å². The van der Waals surface area contributed by atoms with E-state index in [1.807, 2.05) is 25.1 Å².